The van der Waals surface area contributed by atoms with Crippen LogP contribution in [0.25, 0.3) is 11.0 Å². The Hall–Kier alpha value is -2.38. The molecule has 0 bridgehead atoms. The first-order valence-electron chi connectivity index (χ1n) is 18.8. The normalized spacial score (nSPS) is 30.8. The molecule has 2 aliphatic heterocycles. The smallest absolute Gasteiger partial charge is 0.336 e. The number of benzene rings is 1. The first-order chi connectivity index (χ1) is 22.3. The number of aliphatic hydroxyl groups is 1. The molecule has 5 aliphatic rings. The number of amides is 1. The minimum atomic E-state index is -0.307. The number of aryl methyl sites for hydroxylation is 2. The minimum Gasteiger partial charge on any atom is -0.422 e. The van der Waals surface area contributed by atoms with Crippen molar-refractivity contribution < 1.29 is 19.1 Å². The highest BCUT2D eigenvalue weighted by Gasteiger charge is 2.55. The van der Waals surface area contributed by atoms with E-state index in [-0.39, 0.29) is 35.8 Å². The number of hydrogen-bond donors (Lipinski definition) is 2. The van der Waals surface area contributed by atoms with E-state index in [0.717, 1.165) is 99.2 Å². The molecular weight excluding hydrogens is 576 g/mol. The summed E-state index contributed by atoms with van der Waals surface area (Å²) >= 11 is 0. The highest BCUT2D eigenvalue weighted by atomic mass is 16.5. The molecule has 1 aromatic carbocycles. The van der Waals surface area contributed by atoms with Gasteiger partial charge in [0.2, 0.25) is 5.91 Å². The third-order valence-corrected chi connectivity index (χ3v) is 13.0. The van der Waals surface area contributed by atoms with Crippen LogP contribution in [0.15, 0.2) is 21.3 Å². The molecular formula is C39H56N2O5. The Balaban J connectivity index is 0.921. The van der Waals surface area contributed by atoms with Gasteiger partial charge in [-0.25, -0.2) is 4.79 Å². The van der Waals surface area contributed by atoms with Crippen LogP contribution in [0.2, 0.25) is 0 Å². The van der Waals surface area contributed by atoms with Gasteiger partial charge in [0.1, 0.15) is 12.2 Å². The molecule has 0 radical (unpaired) electrons. The second-order valence-corrected chi connectivity index (χ2v) is 15.8. The van der Waals surface area contributed by atoms with Crippen molar-refractivity contribution in [3.8, 4) is 0 Å². The molecule has 3 aliphatic carbocycles. The van der Waals surface area contributed by atoms with E-state index in [2.05, 4.69) is 30.1 Å². The summed E-state index contributed by atoms with van der Waals surface area (Å²) in [6.07, 6.45) is 17.6. The van der Waals surface area contributed by atoms with Crippen LogP contribution in [0.4, 0.5) is 5.69 Å². The summed E-state index contributed by atoms with van der Waals surface area (Å²) in [7, 11) is 0. The van der Waals surface area contributed by atoms with Gasteiger partial charge in [-0.2, -0.15) is 0 Å². The Morgan fingerprint density at radius 1 is 1.15 bits per heavy atom. The SMILES string of the molecule is CCCC[C@@H](O)C[C@@H]1CC[C@@H]2[C@H](CC[C@]3(C)[C@@H](OCC(=O)NCCc4cc(=O)oc5c6c7c(cc45)CCCN7CCC6)CC[C@@H]23)C1. The summed E-state index contributed by atoms with van der Waals surface area (Å²) in [5.41, 5.74) is 5.42. The molecule has 0 saturated heterocycles. The fraction of sp³-hybridized carbons (Fsp3) is 0.744. The van der Waals surface area contributed by atoms with Crippen LogP contribution in [0.3, 0.4) is 0 Å². The minimum absolute atomic E-state index is 0.0711. The number of aliphatic hydroxyl groups excluding tert-OH is 1. The molecule has 7 nitrogen and oxygen atoms in total. The van der Waals surface area contributed by atoms with Gasteiger partial charge in [0.05, 0.1) is 12.2 Å². The van der Waals surface area contributed by atoms with E-state index >= 15 is 0 Å². The number of carbonyl (C=O) groups is 1. The Morgan fingerprint density at radius 3 is 2.85 bits per heavy atom. The van der Waals surface area contributed by atoms with E-state index in [0.29, 0.717) is 24.8 Å². The number of ether oxygens (including phenoxy) is 1. The van der Waals surface area contributed by atoms with Gasteiger partial charge in [-0.05, 0) is 130 Å². The molecule has 7 heteroatoms. The molecule has 2 N–H and O–H groups in total. The lowest BCUT2D eigenvalue weighted by atomic mass is 9.55. The van der Waals surface area contributed by atoms with Crippen molar-refractivity contribution in [1.29, 1.82) is 0 Å². The molecule has 7 atom stereocenters. The lowest BCUT2D eigenvalue weighted by Gasteiger charge is -2.51. The van der Waals surface area contributed by atoms with Gasteiger partial charge >= 0.3 is 5.63 Å². The van der Waals surface area contributed by atoms with E-state index in [1.807, 2.05) is 0 Å². The second-order valence-electron chi connectivity index (χ2n) is 15.8. The summed E-state index contributed by atoms with van der Waals surface area (Å²) < 4.78 is 12.2. The molecule has 46 heavy (non-hydrogen) atoms. The van der Waals surface area contributed by atoms with Crippen LogP contribution in [-0.2, 0) is 28.8 Å². The van der Waals surface area contributed by atoms with Crippen LogP contribution < -0.4 is 15.8 Å². The lowest BCUT2D eigenvalue weighted by molar-refractivity contribution is -0.133. The Bertz CT molecular complexity index is 1470. The number of anilines is 1. The van der Waals surface area contributed by atoms with Gasteiger partial charge in [0.15, 0.2) is 0 Å². The van der Waals surface area contributed by atoms with E-state index < -0.39 is 0 Å². The van der Waals surface area contributed by atoms with Crippen molar-refractivity contribution >= 4 is 22.6 Å². The molecule has 3 heterocycles. The van der Waals surface area contributed by atoms with Crippen LogP contribution in [0.5, 0.6) is 0 Å². The Labute approximate surface area is 274 Å². The molecule has 3 saturated carbocycles. The summed E-state index contributed by atoms with van der Waals surface area (Å²) in [4.78, 5) is 28.1. The number of nitrogens with one attached hydrogen (secondary N) is 1. The van der Waals surface area contributed by atoms with Crippen molar-refractivity contribution in [1.82, 2.24) is 5.32 Å². The number of unbranched alkanes of at least 4 members (excludes halogenated alkanes) is 1. The lowest BCUT2D eigenvalue weighted by Crippen LogP contribution is -2.46. The molecule has 2 aromatic rings. The summed E-state index contributed by atoms with van der Waals surface area (Å²) in [5.74, 6) is 2.86. The predicted molar refractivity (Wildman–Crippen MR) is 182 cm³/mol. The average Bonchev–Trinajstić information content (AvgIpc) is 3.39. The monoisotopic (exact) mass is 632 g/mol. The second kappa shape index (κ2) is 13.6. The summed E-state index contributed by atoms with van der Waals surface area (Å²) in [6, 6.07) is 3.86. The highest BCUT2D eigenvalue weighted by Crippen LogP contribution is 2.60. The third-order valence-electron chi connectivity index (χ3n) is 13.0. The van der Waals surface area contributed by atoms with Gasteiger partial charge < -0.3 is 24.5 Å². The van der Waals surface area contributed by atoms with E-state index in [4.69, 9.17) is 9.15 Å². The topological polar surface area (TPSA) is 92.0 Å². The van der Waals surface area contributed by atoms with Gasteiger partial charge in [0.25, 0.3) is 0 Å². The van der Waals surface area contributed by atoms with Crippen LogP contribution in [-0.4, -0.2) is 49.5 Å². The van der Waals surface area contributed by atoms with Gasteiger partial charge in [-0.3, -0.25) is 4.79 Å². The zero-order valence-electron chi connectivity index (χ0n) is 28.3. The number of fused-ring (bicyclic) bond motifs is 5. The first kappa shape index (κ1) is 32.2. The third kappa shape index (κ3) is 6.27. The zero-order chi connectivity index (χ0) is 31.8. The average molecular weight is 633 g/mol. The van der Waals surface area contributed by atoms with Gasteiger partial charge in [-0.1, -0.05) is 33.1 Å². The van der Waals surface area contributed by atoms with Crippen LogP contribution in [0, 0.1) is 29.1 Å². The van der Waals surface area contributed by atoms with Crippen molar-refractivity contribution in [2.45, 2.75) is 129 Å². The summed E-state index contributed by atoms with van der Waals surface area (Å²) in [5, 5.41) is 14.6. The molecule has 252 valence electrons. The van der Waals surface area contributed by atoms with Gasteiger partial charge in [-0.15, -0.1) is 0 Å². The van der Waals surface area contributed by atoms with E-state index in [1.165, 1.54) is 55.3 Å². The predicted octanol–water partition coefficient (Wildman–Crippen LogP) is 6.72. The standard InChI is InChI=1S/C39H56N2O5/c1-3-4-8-29(42)21-25-10-11-30-26(20-25)14-16-39(2)33(30)12-13-34(39)45-24-35(43)40-17-15-27-23-36(44)46-38-31-9-6-19-41-18-5-7-28(37(31)41)22-32(27)38/h22-23,25-26,29-30,33-34,42H,3-21,24H2,1-2H3,(H,40,43)/t25-,26-,29-,30-,33+,34+,39+/m1/s1. The highest BCUT2D eigenvalue weighted by molar-refractivity contribution is 5.90. The van der Waals surface area contributed by atoms with Crippen molar-refractivity contribution in [3.05, 3.63) is 39.2 Å². The molecule has 0 unspecified atom stereocenters. The maximum Gasteiger partial charge on any atom is 0.336 e. The molecule has 0 spiro atoms. The quantitative estimate of drug-likeness (QED) is 0.267. The Kier molecular flexibility index (Phi) is 9.53. The van der Waals surface area contributed by atoms with Crippen LogP contribution in [0.1, 0.15) is 114 Å². The Morgan fingerprint density at radius 2 is 2.00 bits per heavy atom. The van der Waals surface area contributed by atoms with Crippen molar-refractivity contribution in [3.63, 3.8) is 0 Å². The molecule has 3 fully saturated rings. The van der Waals surface area contributed by atoms with Gasteiger partial charge in [0, 0.05) is 42.3 Å². The van der Waals surface area contributed by atoms with Crippen molar-refractivity contribution in [2.75, 3.05) is 31.1 Å². The van der Waals surface area contributed by atoms with E-state index in [9.17, 15) is 14.7 Å². The fourth-order valence-corrected chi connectivity index (χ4v) is 10.8. The van der Waals surface area contributed by atoms with Crippen molar-refractivity contribution in [2.24, 2.45) is 29.1 Å². The molecule has 1 amide bonds. The molecule has 1 aromatic heterocycles. The summed E-state index contributed by atoms with van der Waals surface area (Å²) in [6.45, 7) is 7.37. The largest absolute Gasteiger partial charge is 0.422 e. The number of carbonyl (C=O) groups excluding carboxylic acids is 1. The number of hydrogen-bond acceptors (Lipinski definition) is 6. The number of nitrogens with zero attached hydrogens (tertiary/aromatic N) is 1. The fourth-order valence-electron chi connectivity index (χ4n) is 10.8. The van der Waals surface area contributed by atoms with Crippen LogP contribution >= 0.6 is 0 Å². The zero-order valence-corrected chi connectivity index (χ0v) is 28.3. The number of rotatable bonds is 11. The molecule has 7 rings (SSSR count). The van der Waals surface area contributed by atoms with E-state index in [1.54, 1.807) is 6.07 Å². The first-order valence-corrected chi connectivity index (χ1v) is 18.8. The maximum absolute atomic E-state index is 13.0. The maximum atomic E-state index is 13.0.